The Kier molecular flexibility index (Phi) is 3.64. The topological polar surface area (TPSA) is 40.6 Å². The van der Waals surface area contributed by atoms with E-state index in [0.29, 0.717) is 31.3 Å². The second kappa shape index (κ2) is 5.43. The Morgan fingerprint density at radius 2 is 1.90 bits per heavy atom. The Hall–Kier alpha value is -1.58. The number of likely N-dealkylation sites (tertiary alicyclic amines) is 2. The van der Waals surface area contributed by atoms with Gasteiger partial charge in [-0.3, -0.25) is 9.59 Å². The van der Waals surface area contributed by atoms with Gasteiger partial charge < -0.3 is 9.80 Å². The molecular formula is C16H22N2O2. The van der Waals surface area contributed by atoms with Crippen molar-refractivity contribution in [3.63, 3.8) is 0 Å². The lowest BCUT2D eigenvalue weighted by Crippen LogP contribution is -2.36. The van der Waals surface area contributed by atoms with Crippen molar-refractivity contribution in [1.82, 2.24) is 9.80 Å². The number of hydrogen-bond donors (Lipinski definition) is 0. The maximum Gasteiger partial charge on any atom is 0.228 e. The van der Waals surface area contributed by atoms with Crippen LogP contribution >= 0.6 is 0 Å². The van der Waals surface area contributed by atoms with E-state index in [2.05, 4.69) is 18.7 Å². The largest absolute Gasteiger partial charge is 0.342 e. The van der Waals surface area contributed by atoms with Gasteiger partial charge in [0.25, 0.3) is 0 Å². The molecule has 0 radical (unpaired) electrons. The summed E-state index contributed by atoms with van der Waals surface area (Å²) >= 11 is 0. The molecule has 2 aliphatic heterocycles. The van der Waals surface area contributed by atoms with Gasteiger partial charge >= 0.3 is 0 Å². The van der Waals surface area contributed by atoms with Crippen LogP contribution in [-0.4, -0.2) is 47.8 Å². The number of rotatable bonds is 3. The molecule has 3 aliphatic rings. The molecule has 3 rings (SSSR count). The lowest BCUT2D eigenvalue weighted by Gasteiger charge is -2.20. The highest BCUT2D eigenvalue weighted by atomic mass is 16.2. The highest BCUT2D eigenvalue weighted by molar-refractivity contribution is 5.89. The minimum Gasteiger partial charge on any atom is -0.342 e. The summed E-state index contributed by atoms with van der Waals surface area (Å²) in [7, 11) is 0. The normalized spacial score (nSPS) is 32.6. The molecule has 20 heavy (non-hydrogen) atoms. The van der Waals surface area contributed by atoms with Gasteiger partial charge in [-0.15, -0.1) is 6.58 Å². The van der Waals surface area contributed by atoms with Crippen molar-refractivity contribution in [2.24, 2.45) is 17.8 Å². The molecule has 0 aromatic carbocycles. The number of fused-ring (bicyclic) bond motifs is 1. The van der Waals surface area contributed by atoms with E-state index in [0.717, 1.165) is 25.9 Å². The first kappa shape index (κ1) is 13.4. The number of amides is 2. The van der Waals surface area contributed by atoms with Crippen LogP contribution in [0.25, 0.3) is 0 Å². The minimum absolute atomic E-state index is 0.0847. The molecule has 0 bridgehead atoms. The van der Waals surface area contributed by atoms with E-state index in [1.54, 1.807) is 11.0 Å². The summed E-state index contributed by atoms with van der Waals surface area (Å²) in [5, 5.41) is 0. The first-order valence-electron chi connectivity index (χ1n) is 7.51. The fourth-order valence-electron chi connectivity index (χ4n) is 3.72. The number of allylic oxidation sites excluding steroid dienone is 2. The van der Waals surface area contributed by atoms with Gasteiger partial charge in [0.15, 0.2) is 0 Å². The first-order valence-corrected chi connectivity index (χ1v) is 7.51. The van der Waals surface area contributed by atoms with E-state index in [1.165, 1.54) is 0 Å². The second-order valence-electron chi connectivity index (χ2n) is 6.19. The van der Waals surface area contributed by atoms with Crippen LogP contribution in [0.1, 0.15) is 19.3 Å². The van der Waals surface area contributed by atoms with Crippen LogP contribution in [0.2, 0.25) is 0 Å². The van der Waals surface area contributed by atoms with Crippen LogP contribution < -0.4 is 0 Å². The van der Waals surface area contributed by atoms with Gasteiger partial charge in [-0.25, -0.2) is 0 Å². The minimum atomic E-state index is -0.143. The number of carbonyl (C=O) groups excluding carboxylic acids is 2. The summed E-state index contributed by atoms with van der Waals surface area (Å²) in [6.07, 6.45) is 8.76. The summed E-state index contributed by atoms with van der Waals surface area (Å²) in [6, 6.07) is 0. The molecule has 2 heterocycles. The van der Waals surface area contributed by atoms with E-state index >= 15 is 0 Å². The van der Waals surface area contributed by atoms with E-state index in [9.17, 15) is 9.59 Å². The molecule has 4 heteroatoms. The summed E-state index contributed by atoms with van der Waals surface area (Å²) in [4.78, 5) is 28.2. The van der Waals surface area contributed by atoms with E-state index < -0.39 is 0 Å². The molecule has 2 saturated heterocycles. The van der Waals surface area contributed by atoms with Gasteiger partial charge in [-0.05, 0) is 24.7 Å². The van der Waals surface area contributed by atoms with Gasteiger partial charge in [0.2, 0.25) is 11.8 Å². The molecule has 0 aromatic heterocycles. The van der Waals surface area contributed by atoms with Crippen LogP contribution in [0.15, 0.2) is 24.8 Å². The molecule has 0 aromatic rings. The van der Waals surface area contributed by atoms with E-state index in [4.69, 9.17) is 0 Å². The van der Waals surface area contributed by atoms with Gasteiger partial charge in [0.05, 0.1) is 5.92 Å². The zero-order chi connectivity index (χ0) is 14.1. The Bertz CT molecular complexity index is 441. The summed E-state index contributed by atoms with van der Waals surface area (Å²) < 4.78 is 0. The van der Waals surface area contributed by atoms with Crippen molar-refractivity contribution in [2.75, 3.05) is 26.2 Å². The van der Waals surface area contributed by atoms with Crippen molar-refractivity contribution in [2.45, 2.75) is 19.3 Å². The maximum atomic E-state index is 12.6. The highest BCUT2D eigenvalue weighted by Crippen LogP contribution is 2.34. The van der Waals surface area contributed by atoms with Crippen molar-refractivity contribution < 1.29 is 9.59 Å². The number of hydrogen-bond acceptors (Lipinski definition) is 2. The van der Waals surface area contributed by atoms with Crippen LogP contribution in [0.4, 0.5) is 0 Å². The molecule has 1 unspecified atom stereocenters. The van der Waals surface area contributed by atoms with Crippen molar-refractivity contribution in [3.8, 4) is 0 Å². The Morgan fingerprint density at radius 1 is 1.25 bits per heavy atom. The average Bonchev–Trinajstić information content (AvgIpc) is 3.03. The average molecular weight is 274 g/mol. The molecule has 2 amide bonds. The molecule has 108 valence electrons. The lowest BCUT2D eigenvalue weighted by molar-refractivity contribution is -0.135. The SMILES string of the molecule is C=CCN1CC(C(=O)N2C[C@H]3CC=CC[C@H]3C2)CC1=O. The Morgan fingerprint density at radius 3 is 2.50 bits per heavy atom. The predicted octanol–water partition coefficient (Wildman–Crippen LogP) is 1.45. The van der Waals surface area contributed by atoms with Crippen LogP contribution in [0.3, 0.4) is 0 Å². The van der Waals surface area contributed by atoms with Crippen LogP contribution in [0.5, 0.6) is 0 Å². The molecular weight excluding hydrogens is 252 g/mol. The number of nitrogens with zero attached hydrogens (tertiary/aromatic N) is 2. The third kappa shape index (κ3) is 2.39. The summed E-state index contributed by atoms with van der Waals surface area (Å²) in [5.41, 5.74) is 0. The molecule has 0 N–H and O–H groups in total. The molecule has 1 aliphatic carbocycles. The van der Waals surface area contributed by atoms with E-state index in [1.807, 2.05) is 4.90 Å². The van der Waals surface area contributed by atoms with Crippen molar-refractivity contribution >= 4 is 11.8 Å². The fraction of sp³-hybridized carbons (Fsp3) is 0.625. The smallest absolute Gasteiger partial charge is 0.228 e. The molecule has 2 fully saturated rings. The van der Waals surface area contributed by atoms with Crippen molar-refractivity contribution in [1.29, 1.82) is 0 Å². The zero-order valence-corrected chi connectivity index (χ0v) is 11.8. The van der Waals surface area contributed by atoms with Gasteiger partial charge in [-0.2, -0.15) is 0 Å². The number of carbonyl (C=O) groups is 2. The highest BCUT2D eigenvalue weighted by Gasteiger charge is 2.41. The third-order valence-corrected chi connectivity index (χ3v) is 4.85. The molecule has 4 nitrogen and oxygen atoms in total. The van der Waals surface area contributed by atoms with Crippen molar-refractivity contribution in [3.05, 3.63) is 24.8 Å². The third-order valence-electron chi connectivity index (χ3n) is 4.85. The lowest BCUT2D eigenvalue weighted by atomic mass is 9.86. The molecule has 3 atom stereocenters. The van der Waals surface area contributed by atoms with Gasteiger partial charge in [-0.1, -0.05) is 18.2 Å². The Labute approximate surface area is 120 Å². The zero-order valence-electron chi connectivity index (χ0n) is 11.8. The monoisotopic (exact) mass is 274 g/mol. The van der Waals surface area contributed by atoms with E-state index in [-0.39, 0.29) is 17.7 Å². The molecule has 0 spiro atoms. The van der Waals surface area contributed by atoms with Crippen LogP contribution in [0, 0.1) is 17.8 Å². The summed E-state index contributed by atoms with van der Waals surface area (Å²) in [6.45, 7) is 6.53. The maximum absolute atomic E-state index is 12.6. The Balaban J connectivity index is 1.60. The second-order valence-corrected chi connectivity index (χ2v) is 6.19. The summed E-state index contributed by atoms with van der Waals surface area (Å²) in [5.74, 6) is 1.38. The predicted molar refractivity (Wildman–Crippen MR) is 76.8 cm³/mol. The quantitative estimate of drug-likeness (QED) is 0.731. The standard InChI is InChI=1S/C16H22N2O2/c1-2-7-17-11-14(8-15(17)19)16(20)18-9-12-5-3-4-6-13(12)10-18/h2-4,12-14H,1,5-11H2/t12-,13+,14?. The fourth-order valence-corrected chi connectivity index (χ4v) is 3.72. The van der Waals surface area contributed by atoms with Gasteiger partial charge in [0.1, 0.15) is 0 Å². The van der Waals surface area contributed by atoms with Crippen LogP contribution in [-0.2, 0) is 9.59 Å². The first-order chi connectivity index (χ1) is 9.69. The van der Waals surface area contributed by atoms with Gasteiger partial charge in [0, 0.05) is 32.6 Å². The molecule has 0 saturated carbocycles.